The highest BCUT2D eigenvalue weighted by atomic mass is 15.4. The average Bonchev–Trinajstić information content (AvgIpc) is 2.94. The van der Waals surface area contributed by atoms with E-state index in [1.165, 1.54) is 33.3 Å². The predicted molar refractivity (Wildman–Crippen MR) is 104 cm³/mol. The topological polar surface area (TPSA) is 47.1 Å². The zero-order chi connectivity index (χ0) is 17.6. The first-order chi connectivity index (χ1) is 12.0. The molecule has 1 aromatic carbocycles. The molecule has 2 aromatic heterocycles. The van der Waals surface area contributed by atoms with E-state index in [4.69, 9.17) is 5.84 Å². The van der Waals surface area contributed by atoms with Gasteiger partial charge in [0.15, 0.2) is 0 Å². The molecule has 0 saturated heterocycles. The van der Waals surface area contributed by atoms with Crippen molar-refractivity contribution in [3.8, 4) is 0 Å². The standard InChI is InChI=1S/C21H22N4/c1-15(16-8-11-23-12-9-16)14-24-18-7-5-4-6-17(18)20-19(24)10-13-25(22)21(20,2)3/h4-14H,22H2,1-3H3. The molecule has 25 heavy (non-hydrogen) atoms. The van der Waals surface area contributed by atoms with Gasteiger partial charge in [-0.2, -0.15) is 0 Å². The van der Waals surface area contributed by atoms with Gasteiger partial charge >= 0.3 is 0 Å². The number of aromatic nitrogens is 2. The summed E-state index contributed by atoms with van der Waals surface area (Å²) in [4.78, 5) is 4.11. The fraction of sp³-hybridized carbons (Fsp3) is 0.190. The lowest BCUT2D eigenvalue weighted by Crippen LogP contribution is -2.44. The van der Waals surface area contributed by atoms with Gasteiger partial charge in [0, 0.05) is 35.7 Å². The van der Waals surface area contributed by atoms with Gasteiger partial charge in [0.1, 0.15) is 0 Å². The van der Waals surface area contributed by atoms with Crippen LogP contribution < -0.4 is 5.84 Å². The van der Waals surface area contributed by atoms with E-state index in [0.717, 1.165) is 0 Å². The predicted octanol–water partition coefficient (Wildman–Crippen LogP) is 4.45. The molecule has 0 amide bonds. The van der Waals surface area contributed by atoms with Crippen molar-refractivity contribution >= 4 is 28.8 Å². The maximum absolute atomic E-state index is 6.23. The zero-order valence-corrected chi connectivity index (χ0v) is 14.8. The minimum Gasteiger partial charge on any atom is -0.316 e. The van der Waals surface area contributed by atoms with Crippen molar-refractivity contribution in [3.63, 3.8) is 0 Å². The van der Waals surface area contributed by atoms with Crippen LogP contribution in [0.5, 0.6) is 0 Å². The van der Waals surface area contributed by atoms with Crippen LogP contribution in [0.4, 0.5) is 0 Å². The van der Waals surface area contributed by atoms with Gasteiger partial charge in [0.2, 0.25) is 0 Å². The molecule has 0 bridgehead atoms. The van der Waals surface area contributed by atoms with E-state index in [-0.39, 0.29) is 5.54 Å². The second-order valence-corrected chi connectivity index (χ2v) is 6.98. The van der Waals surface area contributed by atoms with Gasteiger partial charge in [-0.15, -0.1) is 0 Å². The molecular weight excluding hydrogens is 308 g/mol. The first-order valence-electron chi connectivity index (χ1n) is 8.44. The number of benzene rings is 1. The maximum atomic E-state index is 6.23. The Bertz CT molecular complexity index is 993. The van der Waals surface area contributed by atoms with E-state index < -0.39 is 0 Å². The zero-order valence-electron chi connectivity index (χ0n) is 14.8. The highest BCUT2D eigenvalue weighted by molar-refractivity contribution is 5.93. The summed E-state index contributed by atoms with van der Waals surface area (Å²) >= 11 is 0. The first-order valence-corrected chi connectivity index (χ1v) is 8.44. The number of hydrogen-bond donors (Lipinski definition) is 1. The fourth-order valence-electron chi connectivity index (χ4n) is 3.58. The molecule has 4 heteroatoms. The van der Waals surface area contributed by atoms with E-state index in [1.54, 1.807) is 5.01 Å². The van der Waals surface area contributed by atoms with Crippen molar-refractivity contribution < 1.29 is 0 Å². The molecule has 0 radical (unpaired) electrons. The van der Waals surface area contributed by atoms with E-state index >= 15 is 0 Å². The fourth-order valence-corrected chi connectivity index (χ4v) is 3.58. The Balaban J connectivity index is 2.00. The number of nitrogens with two attached hydrogens (primary N) is 1. The van der Waals surface area contributed by atoms with Gasteiger partial charge in [-0.3, -0.25) is 4.98 Å². The molecule has 4 rings (SSSR count). The van der Waals surface area contributed by atoms with Gasteiger partial charge in [-0.05, 0) is 56.2 Å². The third-order valence-corrected chi connectivity index (χ3v) is 5.06. The lowest BCUT2D eigenvalue weighted by molar-refractivity contribution is 0.188. The van der Waals surface area contributed by atoms with Crippen molar-refractivity contribution in [2.75, 3.05) is 0 Å². The van der Waals surface area contributed by atoms with Gasteiger partial charge in [-0.1, -0.05) is 18.2 Å². The third kappa shape index (κ3) is 2.37. The van der Waals surface area contributed by atoms with Crippen LogP contribution in [0.15, 0.2) is 55.0 Å². The van der Waals surface area contributed by atoms with E-state index in [1.807, 2.05) is 30.7 Å². The minimum atomic E-state index is -0.270. The van der Waals surface area contributed by atoms with Crippen LogP contribution in [0, 0.1) is 0 Å². The SMILES string of the molecule is CC(=Cn1c2c(c3ccccc31)C(C)(C)N(N)C=C2)c1ccncc1. The molecule has 126 valence electrons. The summed E-state index contributed by atoms with van der Waals surface area (Å²) in [5.41, 5.74) is 5.71. The number of para-hydroxylation sites is 1. The highest BCUT2D eigenvalue weighted by Gasteiger charge is 2.34. The monoisotopic (exact) mass is 330 g/mol. The summed E-state index contributed by atoms with van der Waals surface area (Å²) < 4.78 is 2.27. The molecule has 1 aliphatic heterocycles. The maximum Gasteiger partial charge on any atom is 0.0773 e. The van der Waals surface area contributed by atoms with Crippen molar-refractivity contribution in [1.82, 2.24) is 14.6 Å². The second-order valence-electron chi connectivity index (χ2n) is 6.98. The smallest absolute Gasteiger partial charge is 0.0773 e. The Labute approximate surface area is 147 Å². The Hall–Kier alpha value is -2.85. The van der Waals surface area contributed by atoms with Crippen LogP contribution >= 0.6 is 0 Å². The number of pyridine rings is 1. The molecular formula is C21H22N4. The minimum absolute atomic E-state index is 0.270. The highest BCUT2D eigenvalue weighted by Crippen LogP contribution is 2.41. The number of hydrogen-bond acceptors (Lipinski definition) is 3. The Morgan fingerprint density at radius 1 is 1.12 bits per heavy atom. The van der Waals surface area contributed by atoms with Crippen molar-refractivity contribution in [2.24, 2.45) is 5.84 Å². The number of fused-ring (bicyclic) bond motifs is 3. The lowest BCUT2D eigenvalue weighted by atomic mass is 9.89. The summed E-state index contributed by atoms with van der Waals surface area (Å²) in [6.45, 7) is 6.44. The Morgan fingerprint density at radius 2 is 1.84 bits per heavy atom. The molecule has 0 spiro atoms. The van der Waals surface area contributed by atoms with Crippen LogP contribution in [0.25, 0.3) is 28.8 Å². The number of nitrogens with zero attached hydrogens (tertiary/aromatic N) is 3. The van der Waals surface area contributed by atoms with Crippen molar-refractivity contribution in [2.45, 2.75) is 26.3 Å². The van der Waals surface area contributed by atoms with Gasteiger partial charge in [0.25, 0.3) is 0 Å². The van der Waals surface area contributed by atoms with Gasteiger partial charge in [0.05, 0.1) is 16.7 Å². The first kappa shape index (κ1) is 15.7. The van der Waals surface area contributed by atoms with Crippen molar-refractivity contribution in [1.29, 1.82) is 0 Å². The molecule has 0 fully saturated rings. The second kappa shape index (κ2) is 5.60. The lowest BCUT2D eigenvalue weighted by Gasteiger charge is -2.37. The molecule has 4 nitrogen and oxygen atoms in total. The van der Waals surface area contributed by atoms with E-state index in [2.05, 4.69) is 66.9 Å². The molecule has 0 unspecified atom stereocenters. The molecule has 2 N–H and O–H groups in total. The van der Waals surface area contributed by atoms with E-state index in [9.17, 15) is 0 Å². The van der Waals surface area contributed by atoms with Crippen LogP contribution in [0.2, 0.25) is 0 Å². The Kier molecular flexibility index (Phi) is 3.51. The number of rotatable bonds is 2. The average molecular weight is 330 g/mol. The molecule has 1 aliphatic rings. The summed E-state index contributed by atoms with van der Waals surface area (Å²) in [5.74, 6) is 6.23. The Morgan fingerprint density at radius 3 is 2.60 bits per heavy atom. The molecule has 3 heterocycles. The quantitative estimate of drug-likeness (QED) is 0.706. The number of hydrazine groups is 1. The normalized spacial score (nSPS) is 16.3. The summed E-state index contributed by atoms with van der Waals surface area (Å²) in [6.07, 6.45) is 9.89. The van der Waals surface area contributed by atoms with Crippen molar-refractivity contribution in [3.05, 3.63) is 71.8 Å². The van der Waals surface area contributed by atoms with Crippen LogP contribution in [0.3, 0.4) is 0 Å². The van der Waals surface area contributed by atoms with Crippen LogP contribution in [-0.2, 0) is 5.54 Å². The number of allylic oxidation sites excluding steroid dienone is 1. The largest absolute Gasteiger partial charge is 0.316 e. The van der Waals surface area contributed by atoms with Gasteiger partial charge < -0.3 is 9.58 Å². The summed E-state index contributed by atoms with van der Waals surface area (Å²) in [5, 5.41) is 3.02. The molecule has 0 saturated carbocycles. The van der Waals surface area contributed by atoms with Gasteiger partial charge in [-0.25, -0.2) is 5.84 Å². The molecule has 0 atom stereocenters. The molecule has 3 aromatic rings. The summed E-state index contributed by atoms with van der Waals surface area (Å²) in [7, 11) is 0. The van der Waals surface area contributed by atoms with E-state index in [0.29, 0.717) is 0 Å². The third-order valence-electron chi connectivity index (χ3n) is 5.06. The molecule has 0 aliphatic carbocycles. The van der Waals surface area contributed by atoms with Crippen LogP contribution in [-0.4, -0.2) is 14.6 Å². The van der Waals surface area contributed by atoms with Crippen LogP contribution in [0.1, 0.15) is 37.6 Å². The summed E-state index contributed by atoms with van der Waals surface area (Å²) in [6, 6.07) is 12.6.